The Morgan fingerprint density at radius 2 is 2.12 bits per heavy atom. The highest BCUT2D eigenvalue weighted by Gasteiger charge is 2.21. The fraction of sp³-hybridized carbons (Fsp3) is 0.421. The molecule has 3 rings (SSSR count). The summed E-state index contributed by atoms with van der Waals surface area (Å²) in [5.41, 5.74) is 3.75. The Morgan fingerprint density at radius 3 is 2.92 bits per heavy atom. The summed E-state index contributed by atoms with van der Waals surface area (Å²) in [7, 11) is 0. The molecule has 2 aromatic rings. The normalized spacial score (nSPS) is 16.2. The van der Waals surface area contributed by atoms with Crippen molar-refractivity contribution in [2.45, 2.75) is 45.7 Å². The second-order valence-corrected chi connectivity index (χ2v) is 6.38. The molecular weight excluding hydrogens is 316 g/mol. The SMILES string of the molecule is CCn1nc(C)cc1C(=O)NCC(=O)NC1CCCc2ccccc21. The molecule has 6 nitrogen and oxygen atoms in total. The van der Waals surface area contributed by atoms with Crippen LogP contribution in [0, 0.1) is 6.92 Å². The van der Waals surface area contributed by atoms with Crippen molar-refractivity contribution < 1.29 is 9.59 Å². The molecule has 1 aliphatic carbocycles. The zero-order valence-corrected chi connectivity index (χ0v) is 14.7. The lowest BCUT2D eigenvalue weighted by Crippen LogP contribution is -2.40. The number of amides is 2. The molecule has 0 bridgehead atoms. The van der Waals surface area contributed by atoms with Gasteiger partial charge < -0.3 is 10.6 Å². The van der Waals surface area contributed by atoms with E-state index in [-0.39, 0.29) is 24.4 Å². The zero-order valence-electron chi connectivity index (χ0n) is 14.7. The third-order valence-electron chi connectivity index (χ3n) is 4.55. The molecule has 0 saturated heterocycles. The number of nitrogens with one attached hydrogen (secondary N) is 2. The first kappa shape index (κ1) is 17.2. The predicted octanol–water partition coefficient (Wildman–Crippen LogP) is 2.14. The van der Waals surface area contributed by atoms with Crippen LogP contribution in [0.1, 0.15) is 53.1 Å². The van der Waals surface area contributed by atoms with Crippen molar-refractivity contribution in [1.29, 1.82) is 0 Å². The van der Waals surface area contributed by atoms with Crippen LogP contribution in [0.15, 0.2) is 30.3 Å². The Balaban J connectivity index is 1.58. The molecule has 2 N–H and O–H groups in total. The minimum atomic E-state index is -0.276. The maximum atomic E-state index is 12.3. The molecular formula is C19H24N4O2. The lowest BCUT2D eigenvalue weighted by Gasteiger charge is -2.26. The molecule has 0 spiro atoms. The number of carbonyl (C=O) groups excluding carboxylic acids is 2. The number of aromatic nitrogens is 2. The number of benzene rings is 1. The fourth-order valence-electron chi connectivity index (χ4n) is 3.37. The molecule has 0 fully saturated rings. The van der Waals surface area contributed by atoms with Gasteiger partial charge in [-0.05, 0) is 50.3 Å². The van der Waals surface area contributed by atoms with Crippen LogP contribution in [0.2, 0.25) is 0 Å². The summed E-state index contributed by atoms with van der Waals surface area (Å²) in [4.78, 5) is 24.5. The van der Waals surface area contributed by atoms with Gasteiger partial charge in [0.2, 0.25) is 5.91 Å². The van der Waals surface area contributed by atoms with Gasteiger partial charge >= 0.3 is 0 Å². The van der Waals surface area contributed by atoms with Gasteiger partial charge in [0, 0.05) is 6.54 Å². The zero-order chi connectivity index (χ0) is 17.8. The highest BCUT2D eigenvalue weighted by molar-refractivity contribution is 5.95. The van der Waals surface area contributed by atoms with Crippen molar-refractivity contribution in [2.24, 2.45) is 0 Å². The topological polar surface area (TPSA) is 76.0 Å². The van der Waals surface area contributed by atoms with E-state index in [4.69, 9.17) is 0 Å². The minimum absolute atomic E-state index is 0.0257. The van der Waals surface area contributed by atoms with Gasteiger partial charge in [0.15, 0.2) is 0 Å². The van der Waals surface area contributed by atoms with Crippen LogP contribution in [-0.4, -0.2) is 28.1 Å². The van der Waals surface area contributed by atoms with Crippen molar-refractivity contribution in [3.05, 3.63) is 52.8 Å². The first-order valence-corrected chi connectivity index (χ1v) is 8.78. The van der Waals surface area contributed by atoms with Crippen molar-refractivity contribution >= 4 is 11.8 Å². The lowest BCUT2D eigenvalue weighted by molar-refractivity contribution is -0.121. The van der Waals surface area contributed by atoms with E-state index in [9.17, 15) is 9.59 Å². The number of aryl methyl sites for hydroxylation is 3. The Morgan fingerprint density at radius 1 is 1.32 bits per heavy atom. The van der Waals surface area contributed by atoms with Crippen LogP contribution in [0.3, 0.4) is 0 Å². The average molecular weight is 340 g/mol. The second-order valence-electron chi connectivity index (χ2n) is 6.38. The van der Waals surface area contributed by atoms with E-state index < -0.39 is 0 Å². The van der Waals surface area contributed by atoms with E-state index in [1.54, 1.807) is 10.7 Å². The quantitative estimate of drug-likeness (QED) is 0.875. The van der Waals surface area contributed by atoms with Gasteiger partial charge in [0.25, 0.3) is 5.91 Å². The van der Waals surface area contributed by atoms with Gasteiger partial charge in [-0.2, -0.15) is 5.10 Å². The molecule has 1 heterocycles. The maximum Gasteiger partial charge on any atom is 0.269 e. The van der Waals surface area contributed by atoms with Crippen LogP contribution >= 0.6 is 0 Å². The van der Waals surface area contributed by atoms with E-state index in [2.05, 4.69) is 27.9 Å². The summed E-state index contributed by atoms with van der Waals surface area (Å²) in [6.45, 7) is 4.35. The summed E-state index contributed by atoms with van der Waals surface area (Å²) < 4.78 is 1.64. The van der Waals surface area contributed by atoms with Crippen molar-refractivity contribution in [1.82, 2.24) is 20.4 Å². The van der Waals surface area contributed by atoms with Crippen molar-refractivity contribution in [3.8, 4) is 0 Å². The van der Waals surface area contributed by atoms with Gasteiger partial charge in [0.1, 0.15) is 5.69 Å². The molecule has 6 heteroatoms. The molecule has 0 saturated carbocycles. The van der Waals surface area contributed by atoms with E-state index >= 15 is 0 Å². The lowest BCUT2D eigenvalue weighted by atomic mass is 9.88. The highest BCUT2D eigenvalue weighted by atomic mass is 16.2. The summed E-state index contributed by atoms with van der Waals surface area (Å²) in [6, 6.07) is 9.97. The van der Waals surface area contributed by atoms with E-state index in [1.807, 2.05) is 26.0 Å². The summed E-state index contributed by atoms with van der Waals surface area (Å²) in [5.74, 6) is -0.448. The van der Waals surface area contributed by atoms with Crippen LogP contribution in [-0.2, 0) is 17.8 Å². The Labute approximate surface area is 147 Å². The van der Waals surface area contributed by atoms with Gasteiger partial charge in [-0.3, -0.25) is 14.3 Å². The number of nitrogens with zero attached hydrogens (tertiary/aromatic N) is 2. The Bertz CT molecular complexity index is 781. The summed E-state index contributed by atoms with van der Waals surface area (Å²) in [5, 5.41) is 9.98. The highest BCUT2D eigenvalue weighted by Crippen LogP contribution is 2.29. The molecule has 132 valence electrons. The number of rotatable bonds is 5. The molecule has 1 aliphatic rings. The van der Waals surface area contributed by atoms with Crippen LogP contribution in [0.5, 0.6) is 0 Å². The largest absolute Gasteiger partial charge is 0.348 e. The summed E-state index contributed by atoms with van der Waals surface area (Å²) >= 11 is 0. The van der Waals surface area contributed by atoms with Crippen LogP contribution < -0.4 is 10.6 Å². The average Bonchev–Trinajstić information content (AvgIpc) is 3.01. The molecule has 1 unspecified atom stereocenters. The van der Waals surface area contributed by atoms with Gasteiger partial charge in [-0.25, -0.2) is 0 Å². The monoisotopic (exact) mass is 340 g/mol. The number of fused-ring (bicyclic) bond motifs is 1. The van der Waals surface area contributed by atoms with Crippen molar-refractivity contribution in [2.75, 3.05) is 6.54 Å². The summed E-state index contributed by atoms with van der Waals surface area (Å²) in [6.07, 6.45) is 3.04. The van der Waals surface area contributed by atoms with Crippen LogP contribution in [0.25, 0.3) is 0 Å². The number of carbonyl (C=O) groups is 2. The van der Waals surface area contributed by atoms with Crippen LogP contribution in [0.4, 0.5) is 0 Å². The Hall–Kier alpha value is -2.63. The second kappa shape index (κ2) is 7.51. The van der Waals surface area contributed by atoms with Gasteiger partial charge in [-0.15, -0.1) is 0 Å². The van der Waals surface area contributed by atoms with E-state index in [1.165, 1.54) is 11.1 Å². The molecule has 0 radical (unpaired) electrons. The molecule has 1 atom stereocenters. The smallest absolute Gasteiger partial charge is 0.269 e. The van der Waals surface area contributed by atoms with Crippen molar-refractivity contribution in [3.63, 3.8) is 0 Å². The van der Waals surface area contributed by atoms with Gasteiger partial charge in [-0.1, -0.05) is 24.3 Å². The minimum Gasteiger partial charge on any atom is -0.348 e. The molecule has 0 aliphatic heterocycles. The van der Waals surface area contributed by atoms with Gasteiger partial charge in [0.05, 0.1) is 18.3 Å². The molecule has 25 heavy (non-hydrogen) atoms. The molecule has 1 aromatic heterocycles. The third-order valence-corrected chi connectivity index (χ3v) is 4.55. The molecule has 1 aromatic carbocycles. The predicted molar refractivity (Wildman–Crippen MR) is 95.2 cm³/mol. The molecule has 2 amide bonds. The standard InChI is InChI=1S/C19H24N4O2/c1-3-23-17(11-13(2)22-23)19(25)20-12-18(24)21-16-10-6-8-14-7-4-5-9-15(14)16/h4-5,7,9,11,16H,3,6,8,10,12H2,1-2H3,(H,20,25)(H,21,24). The first-order valence-electron chi connectivity index (χ1n) is 8.78. The number of hydrogen-bond donors (Lipinski definition) is 2. The number of hydrogen-bond acceptors (Lipinski definition) is 3. The third kappa shape index (κ3) is 3.90. The van der Waals surface area contributed by atoms with E-state index in [0.29, 0.717) is 12.2 Å². The maximum absolute atomic E-state index is 12.3. The van der Waals surface area contributed by atoms with E-state index in [0.717, 1.165) is 25.0 Å². The Kier molecular flexibility index (Phi) is 5.16. The fourth-order valence-corrected chi connectivity index (χ4v) is 3.37. The first-order chi connectivity index (χ1) is 12.1.